The molecule has 0 spiro atoms. The molecule has 1 unspecified atom stereocenters. The van der Waals surface area contributed by atoms with Crippen LogP contribution in [0.5, 0.6) is 0 Å². The van der Waals surface area contributed by atoms with Gasteiger partial charge in [-0.05, 0) is 46.0 Å². The molecule has 1 aliphatic carbocycles. The first-order chi connectivity index (χ1) is 10.2. The summed E-state index contributed by atoms with van der Waals surface area (Å²) in [6, 6.07) is 19.7. The van der Waals surface area contributed by atoms with Gasteiger partial charge in [-0.25, -0.2) is 0 Å². The number of fused-ring (bicyclic) bond motifs is 2. The van der Waals surface area contributed by atoms with E-state index >= 15 is 0 Å². The van der Waals surface area contributed by atoms with Gasteiger partial charge in [0.1, 0.15) is 0 Å². The molecule has 0 fully saturated rings. The molecule has 0 N–H and O–H groups in total. The lowest BCUT2D eigenvalue weighted by Crippen LogP contribution is -1.97. The normalized spacial score (nSPS) is 16.4. The van der Waals surface area contributed by atoms with Gasteiger partial charge in [0.15, 0.2) is 0 Å². The molecule has 3 aromatic carbocycles. The van der Waals surface area contributed by atoms with E-state index in [0.717, 1.165) is 0 Å². The van der Waals surface area contributed by atoms with Crippen molar-refractivity contribution in [3.63, 3.8) is 0 Å². The molecule has 102 valence electrons. The summed E-state index contributed by atoms with van der Waals surface area (Å²) in [6.07, 6.45) is 4.55. The van der Waals surface area contributed by atoms with Gasteiger partial charge in [-0.1, -0.05) is 76.6 Å². The number of hydrogen-bond acceptors (Lipinski definition) is 0. The molecular weight excluding hydrogens is 320 g/mol. The molecule has 21 heavy (non-hydrogen) atoms. The van der Waals surface area contributed by atoms with Gasteiger partial charge in [0.05, 0.1) is 0 Å². The van der Waals surface area contributed by atoms with Gasteiger partial charge in [-0.2, -0.15) is 0 Å². The smallest absolute Gasteiger partial charge is 0.0279 e. The third-order valence-electron chi connectivity index (χ3n) is 4.30. The summed E-state index contributed by atoms with van der Waals surface area (Å²) in [6.45, 7) is 2.20. The Morgan fingerprint density at radius 2 is 1.81 bits per heavy atom. The molecule has 0 heterocycles. The van der Waals surface area contributed by atoms with E-state index < -0.39 is 0 Å². The second-order valence-corrected chi connectivity index (χ2v) is 6.50. The lowest BCUT2D eigenvalue weighted by molar-refractivity contribution is 1.05. The highest BCUT2D eigenvalue weighted by molar-refractivity contribution is 9.10. The van der Waals surface area contributed by atoms with Gasteiger partial charge in [0.25, 0.3) is 0 Å². The van der Waals surface area contributed by atoms with Crippen LogP contribution in [-0.4, -0.2) is 0 Å². The lowest BCUT2D eigenvalue weighted by Gasteiger charge is -2.15. The Balaban J connectivity index is 1.92. The summed E-state index contributed by atoms with van der Waals surface area (Å²) in [7, 11) is 0. The maximum Gasteiger partial charge on any atom is 0.0279 e. The minimum absolute atomic E-state index is 0.378. The highest BCUT2D eigenvalue weighted by Crippen LogP contribution is 2.38. The number of rotatable bonds is 1. The molecule has 0 bridgehead atoms. The lowest BCUT2D eigenvalue weighted by atomic mass is 9.90. The summed E-state index contributed by atoms with van der Waals surface area (Å²) < 4.78 is 1.17. The monoisotopic (exact) mass is 334 g/mol. The molecule has 0 nitrogen and oxygen atoms in total. The van der Waals surface area contributed by atoms with Crippen molar-refractivity contribution in [2.24, 2.45) is 0 Å². The van der Waals surface area contributed by atoms with E-state index in [1.165, 1.54) is 37.5 Å². The van der Waals surface area contributed by atoms with Crippen LogP contribution in [0.25, 0.3) is 16.8 Å². The maximum absolute atomic E-state index is 3.67. The van der Waals surface area contributed by atoms with E-state index in [1.807, 2.05) is 0 Å². The largest absolute Gasteiger partial charge is 0.0720 e. The van der Waals surface area contributed by atoms with Crippen LogP contribution in [-0.2, 0) is 0 Å². The summed E-state index contributed by atoms with van der Waals surface area (Å²) in [5.74, 6) is 0.378. The van der Waals surface area contributed by atoms with Gasteiger partial charge in [0, 0.05) is 10.4 Å². The van der Waals surface area contributed by atoms with Crippen molar-refractivity contribution in [3.8, 4) is 0 Å². The Kier molecular flexibility index (Phi) is 2.97. The van der Waals surface area contributed by atoms with Crippen LogP contribution in [0.1, 0.15) is 28.2 Å². The first-order valence-electron chi connectivity index (χ1n) is 7.20. The summed E-state index contributed by atoms with van der Waals surface area (Å²) in [5, 5.41) is 2.62. The fourth-order valence-electron chi connectivity index (χ4n) is 3.34. The van der Waals surface area contributed by atoms with Crippen LogP contribution in [0.4, 0.5) is 0 Å². The van der Waals surface area contributed by atoms with Crippen molar-refractivity contribution in [2.45, 2.75) is 12.8 Å². The Bertz CT molecular complexity index is 874. The average molecular weight is 335 g/mol. The Morgan fingerprint density at radius 1 is 0.952 bits per heavy atom. The number of aryl methyl sites for hydroxylation is 1. The number of benzene rings is 3. The Morgan fingerprint density at radius 3 is 2.71 bits per heavy atom. The molecule has 1 heteroatoms. The van der Waals surface area contributed by atoms with Crippen molar-refractivity contribution in [2.75, 3.05) is 0 Å². The van der Waals surface area contributed by atoms with Crippen molar-refractivity contribution in [1.82, 2.24) is 0 Å². The molecular formula is C20H15Br. The van der Waals surface area contributed by atoms with Crippen molar-refractivity contribution < 1.29 is 0 Å². The summed E-state index contributed by atoms with van der Waals surface area (Å²) >= 11 is 3.67. The van der Waals surface area contributed by atoms with Crippen LogP contribution < -0.4 is 0 Å². The second kappa shape index (κ2) is 4.85. The molecule has 4 rings (SSSR count). The zero-order valence-electron chi connectivity index (χ0n) is 11.8. The van der Waals surface area contributed by atoms with Crippen molar-refractivity contribution >= 4 is 32.8 Å². The van der Waals surface area contributed by atoms with Crippen LogP contribution in [0, 0.1) is 6.92 Å². The van der Waals surface area contributed by atoms with E-state index in [2.05, 4.69) is 89.6 Å². The minimum atomic E-state index is 0.378. The quantitative estimate of drug-likeness (QED) is 0.506. The topological polar surface area (TPSA) is 0 Å². The van der Waals surface area contributed by atoms with E-state index in [-0.39, 0.29) is 0 Å². The molecule has 0 aromatic heterocycles. The van der Waals surface area contributed by atoms with Gasteiger partial charge < -0.3 is 0 Å². The average Bonchev–Trinajstić information content (AvgIpc) is 2.91. The maximum atomic E-state index is 3.67. The van der Waals surface area contributed by atoms with E-state index in [4.69, 9.17) is 0 Å². The SMILES string of the molecule is Cc1cc(C2C=Cc3ccccc32)cc2cccc(Br)c12. The van der Waals surface area contributed by atoms with E-state index in [1.54, 1.807) is 0 Å². The first-order valence-corrected chi connectivity index (χ1v) is 7.99. The molecule has 0 saturated heterocycles. The van der Waals surface area contributed by atoms with Crippen LogP contribution in [0.15, 0.2) is 65.1 Å². The van der Waals surface area contributed by atoms with Gasteiger partial charge >= 0.3 is 0 Å². The molecule has 0 saturated carbocycles. The van der Waals surface area contributed by atoms with Crippen molar-refractivity contribution in [3.05, 3.63) is 87.4 Å². The predicted octanol–water partition coefficient (Wildman–Crippen LogP) is 6.07. The summed E-state index contributed by atoms with van der Waals surface area (Å²) in [5.41, 5.74) is 5.45. The van der Waals surface area contributed by atoms with Crippen LogP contribution in [0.3, 0.4) is 0 Å². The Labute approximate surface area is 133 Å². The molecule has 1 aliphatic rings. The number of allylic oxidation sites excluding steroid dienone is 1. The number of hydrogen-bond donors (Lipinski definition) is 0. The Hall–Kier alpha value is -1.86. The highest BCUT2D eigenvalue weighted by Gasteiger charge is 2.19. The zero-order chi connectivity index (χ0) is 14.4. The fourth-order valence-corrected chi connectivity index (χ4v) is 4.03. The molecule has 0 radical (unpaired) electrons. The third kappa shape index (κ3) is 2.04. The highest BCUT2D eigenvalue weighted by atomic mass is 79.9. The van der Waals surface area contributed by atoms with Crippen LogP contribution >= 0.6 is 15.9 Å². The van der Waals surface area contributed by atoms with E-state index in [9.17, 15) is 0 Å². The fraction of sp³-hybridized carbons (Fsp3) is 0.100. The molecule has 3 aromatic rings. The molecule has 0 aliphatic heterocycles. The van der Waals surface area contributed by atoms with E-state index in [0.29, 0.717) is 5.92 Å². The molecule has 1 atom stereocenters. The minimum Gasteiger partial charge on any atom is -0.0720 e. The second-order valence-electron chi connectivity index (χ2n) is 5.64. The van der Waals surface area contributed by atoms with Gasteiger partial charge in [-0.3, -0.25) is 0 Å². The first kappa shape index (κ1) is 12.8. The van der Waals surface area contributed by atoms with Crippen LogP contribution in [0.2, 0.25) is 0 Å². The zero-order valence-corrected chi connectivity index (χ0v) is 13.4. The van der Waals surface area contributed by atoms with Crippen molar-refractivity contribution in [1.29, 1.82) is 0 Å². The third-order valence-corrected chi connectivity index (χ3v) is 4.96. The van der Waals surface area contributed by atoms with Gasteiger partial charge in [0.2, 0.25) is 0 Å². The van der Waals surface area contributed by atoms with Gasteiger partial charge in [-0.15, -0.1) is 0 Å². The summed E-state index contributed by atoms with van der Waals surface area (Å²) in [4.78, 5) is 0. The number of halogens is 1. The predicted molar refractivity (Wildman–Crippen MR) is 93.7 cm³/mol. The standard InChI is InChI=1S/C20H15Br/c1-13-11-16(12-15-6-4-8-19(21)20(13)15)18-10-9-14-5-2-3-7-17(14)18/h2-12,18H,1H3. The molecule has 0 amide bonds.